The van der Waals surface area contributed by atoms with E-state index < -0.39 is 0 Å². The second-order valence-electron chi connectivity index (χ2n) is 6.88. The Morgan fingerprint density at radius 2 is 1.76 bits per heavy atom. The number of hydrogen-bond donors (Lipinski definition) is 3. The van der Waals surface area contributed by atoms with Gasteiger partial charge in [-0.25, -0.2) is 4.99 Å². The zero-order valence-electron chi connectivity index (χ0n) is 15.3. The third-order valence-corrected chi connectivity index (χ3v) is 4.39. The van der Waals surface area contributed by atoms with E-state index in [4.69, 9.17) is 5.73 Å². The maximum atomic E-state index is 11.7. The normalized spacial score (nSPS) is 16.0. The van der Waals surface area contributed by atoms with Crippen LogP contribution < -0.4 is 16.4 Å². The molecule has 1 amide bonds. The Bertz CT molecular complexity index is 549. The van der Waals surface area contributed by atoms with Gasteiger partial charge in [-0.15, -0.1) is 24.0 Å². The van der Waals surface area contributed by atoms with Gasteiger partial charge < -0.3 is 16.4 Å². The molecular formula is C19H31IN4O. The van der Waals surface area contributed by atoms with E-state index in [9.17, 15) is 4.79 Å². The van der Waals surface area contributed by atoms with Crippen molar-refractivity contribution in [2.24, 2.45) is 16.6 Å². The number of nitrogens with one attached hydrogen (secondary N) is 2. The maximum Gasteiger partial charge on any atom is 0.226 e. The van der Waals surface area contributed by atoms with Crippen molar-refractivity contribution in [2.45, 2.75) is 65.0 Å². The molecule has 2 rings (SSSR count). The number of carbonyl (C=O) groups is 1. The molecule has 5 nitrogen and oxygen atoms in total. The second kappa shape index (κ2) is 11.3. The molecule has 0 heterocycles. The summed E-state index contributed by atoms with van der Waals surface area (Å²) >= 11 is 0. The minimum absolute atomic E-state index is 0. The number of aliphatic imine (C=N–C) groups is 1. The van der Waals surface area contributed by atoms with Crippen molar-refractivity contribution in [3.8, 4) is 0 Å². The largest absolute Gasteiger partial charge is 0.370 e. The summed E-state index contributed by atoms with van der Waals surface area (Å²) in [6, 6.07) is 8.21. The minimum Gasteiger partial charge on any atom is -0.370 e. The van der Waals surface area contributed by atoms with E-state index in [2.05, 4.69) is 15.6 Å². The number of benzene rings is 1. The number of carbonyl (C=O) groups excluding carboxylic acids is 1. The van der Waals surface area contributed by atoms with Gasteiger partial charge in [-0.3, -0.25) is 4.79 Å². The molecule has 140 valence electrons. The fourth-order valence-electron chi connectivity index (χ4n) is 2.84. The van der Waals surface area contributed by atoms with Gasteiger partial charge in [0, 0.05) is 17.6 Å². The van der Waals surface area contributed by atoms with Crippen LogP contribution in [0.2, 0.25) is 0 Å². The van der Waals surface area contributed by atoms with Gasteiger partial charge in [-0.05, 0) is 30.5 Å². The van der Waals surface area contributed by atoms with Crippen LogP contribution in [0.4, 0.5) is 5.69 Å². The molecule has 1 saturated carbocycles. The molecule has 0 spiro atoms. The Morgan fingerprint density at radius 1 is 1.16 bits per heavy atom. The molecule has 0 saturated heterocycles. The van der Waals surface area contributed by atoms with Crippen molar-refractivity contribution >= 4 is 41.5 Å². The third kappa shape index (κ3) is 8.07. The quantitative estimate of drug-likeness (QED) is 0.270. The molecule has 1 aliphatic carbocycles. The number of halogens is 1. The molecule has 0 radical (unpaired) electrons. The predicted molar refractivity (Wildman–Crippen MR) is 115 cm³/mol. The molecule has 4 N–H and O–H groups in total. The first kappa shape index (κ1) is 21.7. The van der Waals surface area contributed by atoms with Gasteiger partial charge in [0.15, 0.2) is 5.96 Å². The average Bonchev–Trinajstić information content (AvgIpc) is 2.82. The smallest absolute Gasteiger partial charge is 0.226 e. The topological polar surface area (TPSA) is 79.5 Å². The molecule has 0 unspecified atom stereocenters. The molecule has 6 heteroatoms. The predicted octanol–water partition coefficient (Wildman–Crippen LogP) is 4.03. The van der Waals surface area contributed by atoms with Crippen molar-refractivity contribution < 1.29 is 4.79 Å². The van der Waals surface area contributed by atoms with Gasteiger partial charge in [-0.2, -0.15) is 0 Å². The number of nitrogens with zero attached hydrogens (tertiary/aromatic N) is 1. The van der Waals surface area contributed by atoms with Gasteiger partial charge in [0.25, 0.3) is 0 Å². The van der Waals surface area contributed by atoms with Crippen LogP contribution in [-0.2, 0) is 11.3 Å². The molecule has 1 aromatic carbocycles. The zero-order chi connectivity index (χ0) is 17.4. The highest BCUT2D eigenvalue weighted by Gasteiger charge is 2.12. The van der Waals surface area contributed by atoms with Gasteiger partial charge in [0.2, 0.25) is 5.91 Å². The molecule has 1 aliphatic rings. The van der Waals surface area contributed by atoms with Crippen molar-refractivity contribution in [1.29, 1.82) is 0 Å². The molecule has 1 aromatic rings. The zero-order valence-corrected chi connectivity index (χ0v) is 17.6. The van der Waals surface area contributed by atoms with Crippen LogP contribution in [0.1, 0.15) is 57.9 Å². The number of guanidine groups is 1. The standard InChI is InChI=1S/C19H30N4O.HI/c1-14(2)18(24)22-17-11-9-15(10-12-17)13-21-19(20)23-16-7-5-3-4-6-8-16;/h9-12,14,16H,3-8,13H2,1-2H3,(H,22,24)(H3,20,21,23);1H. The fourth-order valence-corrected chi connectivity index (χ4v) is 2.84. The van der Waals surface area contributed by atoms with Gasteiger partial charge in [0.1, 0.15) is 0 Å². The summed E-state index contributed by atoms with van der Waals surface area (Å²) in [5, 5.41) is 6.23. The van der Waals surface area contributed by atoms with Crippen molar-refractivity contribution in [3.05, 3.63) is 29.8 Å². The van der Waals surface area contributed by atoms with Crippen LogP contribution in [-0.4, -0.2) is 17.9 Å². The molecule has 25 heavy (non-hydrogen) atoms. The van der Waals surface area contributed by atoms with E-state index in [1.165, 1.54) is 38.5 Å². The fraction of sp³-hybridized carbons (Fsp3) is 0.579. The number of amides is 1. The Hall–Kier alpha value is -1.31. The highest BCUT2D eigenvalue weighted by molar-refractivity contribution is 14.0. The lowest BCUT2D eigenvalue weighted by Gasteiger charge is -2.16. The van der Waals surface area contributed by atoms with Crippen molar-refractivity contribution in [2.75, 3.05) is 5.32 Å². The number of nitrogens with two attached hydrogens (primary N) is 1. The second-order valence-corrected chi connectivity index (χ2v) is 6.88. The Morgan fingerprint density at radius 3 is 2.32 bits per heavy atom. The average molecular weight is 458 g/mol. The molecule has 0 atom stereocenters. The third-order valence-electron chi connectivity index (χ3n) is 4.39. The Balaban J connectivity index is 0.00000312. The van der Waals surface area contributed by atoms with Gasteiger partial charge in [-0.1, -0.05) is 51.7 Å². The summed E-state index contributed by atoms with van der Waals surface area (Å²) < 4.78 is 0. The first-order valence-corrected chi connectivity index (χ1v) is 9.01. The summed E-state index contributed by atoms with van der Waals surface area (Å²) in [6.07, 6.45) is 7.56. The van der Waals surface area contributed by atoms with E-state index in [-0.39, 0.29) is 35.8 Å². The van der Waals surface area contributed by atoms with Crippen molar-refractivity contribution in [1.82, 2.24) is 5.32 Å². The number of hydrogen-bond acceptors (Lipinski definition) is 2. The van der Waals surface area contributed by atoms with Crippen LogP contribution >= 0.6 is 24.0 Å². The highest BCUT2D eigenvalue weighted by Crippen LogP contribution is 2.17. The van der Waals surface area contributed by atoms with Crippen LogP contribution in [0.5, 0.6) is 0 Å². The molecule has 0 aliphatic heterocycles. The number of anilines is 1. The molecule has 0 bridgehead atoms. The van der Waals surface area contributed by atoms with Gasteiger partial charge >= 0.3 is 0 Å². The lowest BCUT2D eigenvalue weighted by atomic mass is 10.1. The van der Waals surface area contributed by atoms with E-state index in [1.54, 1.807) is 0 Å². The van der Waals surface area contributed by atoms with Crippen molar-refractivity contribution in [3.63, 3.8) is 0 Å². The summed E-state index contributed by atoms with van der Waals surface area (Å²) in [7, 11) is 0. The van der Waals surface area contributed by atoms with Gasteiger partial charge in [0.05, 0.1) is 6.54 Å². The SMILES string of the molecule is CC(C)C(=O)Nc1ccc(CN=C(N)NC2CCCCCC2)cc1.I. The summed E-state index contributed by atoms with van der Waals surface area (Å²) in [4.78, 5) is 16.1. The maximum absolute atomic E-state index is 11.7. The summed E-state index contributed by atoms with van der Waals surface area (Å²) in [5.41, 5.74) is 7.90. The monoisotopic (exact) mass is 458 g/mol. The summed E-state index contributed by atoms with van der Waals surface area (Å²) in [5.74, 6) is 0.529. The molecular weight excluding hydrogens is 427 g/mol. The van der Waals surface area contributed by atoms with Crippen LogP contribution in [0.15, 0.2) is 29.3 Å². The van der Waals surface area contributed by atoms with Crippen LogP contribution in [0.25, 0.3) is 0 Å². The first-order chi connectivity index (χ1) is 11.5. The van der Waals surface area contributed by atoms with Crippen LogP contribution in [0, 0.1) is 5.92 Å². The van der Waals surface area contributed by atoms with E-state index in [0.717, 1.165) is 11.3 Å². The van der Waals surface area contributed by atoms with E-state index >= 15 is 0 Å². The highest BCUT2D eigenvalue weighted by atomic mass is 127. The molecule has 1 fully saturated rings. The molecule has 0 aromatic heterocycles. The van der Waals surface area contributed by atoms with Crippen LogP contribution in [0.3, 0.4) is 0 Å². The Labute approximate surface area is 168 Å². The van der Waals surface area contributed by atoms with E-state index in [1.807, 2.05) is 38.1 Å². The summed E-state index contributed by atoms with van der Waals surface area (Å²) in [6.45, 7) is 4.30. The van der Waals surface area contributed by atoms with E-state index in [0.29, 0.717) is 18.5 Å². The lowest BCUT2D eigenvalue weighted by Crippen LogP contribution is -2.39. The lowest BCUT2D eigenvalue weighted by molar-refractivity contribution is -0.118. The Kier molecular flexibility index (Phi) is 9.85. The number of rotatable bonds is 5. The minimum atomic E-state index is -0.0239. The first-order valence-electron chi connectivity index (χ1n) is 9.01.